The van der Waals surface area contributed by atoms with Gasteiger partial charge in [-0.05, 0) is 97.8 Å². The van der Waals surface area contributed by atoms with Crippen LogP contribution < -0.4 is 10.6 Å². The number of anilines is 1. The van der Waals surface area contributed by atoms with E-state index in [4.69, 9.17) is 4.74 Å². The summed E-state index contributed by atoms with van der Waals surface area (Å²) in [6.07, 6.45) is 2.12. The largest absolute Gasteiger partial charge is 0.444 e. The third kappa shape index (κ3) is 6.33. The molecule has 0 radical (unpaired) electrons. The molecule has 200 valence electrons. The van der Waals surface area contributed by atoms with Crippen molar-refractivity contribution in [2.75, 3.05) is 5.32 Å². The van der Waals surface area contributed by atoms with Gasteiger partial charge in [0.2, 0.25) is 5.91 Å². The molecule has 4 atom stereocenters. The average molecular weight is 585 g/mol. The summed E-state index contributed by atoms with van der Waals surface area (Å²) in [4.78, 5) is 40.4. The molecule has 1 saturated carbocycles. The Hall–Kier alpha value is -3.45. The molecule has 2 aliphatic rings. The van der Waals surface area contributed by atoms with E-state index in [0.717, 1.165) is 25.3 Å². The molecule has 2 aromatic carbocycles. The number of ether oxygens (including phenoxy) is 1. The molecule has 2 N–H and O–H groups in total. The second-order valence-electron chi connectivity index (χ2n) is 10.7. The number of amides is 3. The molecule has 4 unspecified atom stereocenters. The minimum atomic E-state index is -0.842. The van der Waals surface area contributed by atoms with E-state index in [2.05, 4.69) is 32.6 Å². The third-order valence-corrected chi connectivity index (χ3v) is 7.42. The van der Waals surface area contributed by atoms with Gasteiger partial charge in [0.1, 0.15) is 23.5 Å². The number of rotatable bonds is 6. The van der Waals surface area contributed by atoms with Gasteiger partial charge in [0.05, 0.1) is 11.6 Å². The summed E-state index contributed by atoms with van der Waals surface area (Å²) < 4.78 is 19.6. The fraction of sp³-hybridized carbons (Fsp3) is 0.429. The first-order chi connectivity index (χ1) is 17.9. The Morgan fingerprint density at radius 2 is 1.97 bits per heavy atom. The van der Waals surface area contributed by atoms with E-state index in [1.807, 2.05) is 0 Å². The summed E-state index contributed by atoms with van der Waals surface area (Å²) in [7, 11) is 0. The van der Waals surface area contributed by atoms with Crippen LogP contribution in [0.2, 0.25) is 0 Å². The first-order valence-corrected chi connectivity index (χ1v) is 13.3. The van der Waals surface area contributed by atoms with Crippen LogP contribution in [0.1, 0.15) is 56.0 Å². The molecular weight excluding hydrogens is 555 g/mol. The Bertz CT molecular complexity index is 1290. The highest BCUT2D eigenvalue weighted by Gasteiger charge is 2.52. The van der Waals surface area contributed by atoms with Gasteiger partial charge < -0.3 is 15.4 Å². The highest BCUT2D eigenvalue weighted by Crippen LogP contribution is 2.43. The van der Waals surface area contributed by atoms with Crippen LogP contribution >= 0.6 is 15.9 Å². The van der Waals surface area contributed by atoms with Crippen LogP contribution in [0.3, 0.4) is 0 Å². The highest BCUT2D eigenvalue weighted by atomic mass is 79.9. The Kier molecular flexibility index (Phi) is 8.07. The van der Waals surface area contributed by atoms with Crippen LogP contribution in [0.4, 0.5) is 14.9 Å². The number of carbonyl (C=O) groups is 3. The molecule has 1 aliphatic carbocycles. The predicted octanol–water partition coefficient (Wildman–Crippen LogP) is 5.18. The van der Waals surface area contributed by atoms with Gasteiger partial charge in [-0.15, -0.1) is 0 Å². The Morgan fingerprint density at radius 3 is 2.68 bits per heavy atom. The SMILES string of the molecule is CC(C)(C)OC(=O)N1C2CCC(C2)C1C(=O)NC(C#N)Cc1cccc(NC(=O)c2cc(F)ccc2Br)c1. The van der Waals surface area contributed by atoms with Crippen molar-refractivity contribution in [3.8, 4) is 6.07 Å². The highest BCUT2D eigenvalue weighted by molar-refractivity contribution is 9.10. The molecule has 2 bridgehead atoms. The first kappa shape index (κ1) is 27.6. The third-order valence-electron chi connectivity index (χ3n) is 6.73. The minimum absolute atomic E-state index is 0.0348. The van der Waals surface area contributed by atoms with E-state index in [0.29, 0.717) is 15.7 Å². The van der Waals surface area contributed by atoms with Crippen LogP contribution in [-0.2, 0) is 16.0 Å². The van der Waals surface area contributed by atoms with Crippen LogP contribution in [0, 0.1) is 23.1 Å². The van der Waals surface area contributed by atoms with Crippen molar-refractivity contribution < 1.29 is 23.5 Å². The number of likely N-dealkylation sites (tertiary alicyclic amines) is 1. The summed E-state index contributed by atoms with van der Waals surface area (Å²) in [6, 6.07) is 11.3. The summed E-state index contributed by atoms with van der Waals surface area (Å²) >= 11 is 3.25. The molecule has 3 amide bonds. The molecule has 2 fully saturated rings. The summed E-state index contributed by atoms with van der Waals surface area (Å²) in [5, 5.41) is 15.3. The quantitative estimate of drug-likeness (QED) is 0.486. The molecule has 0 spiro atoms. The van der Waals surface area contributed by atoms with Crippen molar-refractivity contribution in [2.24, 2.45) is 5.92 Å². The number of fused-ring (bicyclic) bond motifs is 2. The van der Waals surface area contributed by atoms with Gasteiger partial charge in [0.25, 0.3) is 5.91 Å². The summed E-state index contributed by atoms with van der Waals surface area (Å²) in [6.45, 7) is 5.36. The number of hydrogen-bond donors (Lipinski definition) is 2. The van der Waals surface area contributed by atoms with Gasteiger partial charge in [-0.1, -0.05) is 12.1 Å². The molecule has 1 saturated heterocycles. The van der Waals surface area contributed by atoms with Gasteiger partial charge >= 0.3 is 6.09 Å². The van der Waals surface area contributed by atoms with E-state index in [1.54, 1.807) is 49.9 Å². The van der Waals surface area contributed by atoms with Crippen molar-refractivity contribution in [2.45, 2.75) is 70.2 Å². The van der Waals surface area contributed by atoms with E-state index >= 15 is 0 Å². The van der Waals surface area contributed by atoms with Crippen LogP contribution in [0.5, 0.6) is 0 Å². The lowest BCUT2D eigenvalue weighted by Crippen LogP contribution is -2.55. The number of hydrogen-bond acceptors (Lipinski definition) is 5. The Morgan fingerprint density at radius 1 is 1.21 bits per heavy atom. The van der Waals surface area contributed by atoms with E-state index in [1.165, 1.54) is 12.1 Å². The number of halogens is 2. The summed E-state index contributed by atoms with van der Waals surface area (Å²) in [5.74, 6) is -1.35. The standard InChI is InChI=1S/C28H30BrFN4O4/c1-28(2,3)38-27(37)34-21-9-7-17(13-21)24(34)26(36)33-20(15-31)12-16-5-4-6-19(11-16)32-25(35)22-14-18(30)8-10-23(22)29/h4-6,8,10-11,14,17,20-21,24H,7,9,12-13H2,1-3H3,(H,32,35)(H,33,36). The van der Waals surface area contributed by atoms with Gasteiger partial charge in [0.15, 0.2) is 0 Å². The number of carbonyl (C=O) groups excluding carboxylic acids is 3. The lowest BCUT2D eigenvalue weighted by Gasteiger charge is -2.35. The number of nitrogens with zero attached hydrogens (tertiary/aromatic N) is 2. The molecule has 0 aromatic heterocycles. The Labute approximate surface area is 229 Å². The average Bonchev–Trinajstić information content (AvgIpc) is 3.46. The van der Waals surface area contributed by atoms with Gasteiger partial charge in [-0.2, -0.15) is 5.26 Å². The lowest BCUT2D eigenvalue weighted by molar-refractivity contribution is -0.128. The number of benzene rings is 2. The van der Waals surface area contributed by atoms with Crippen molar-refractivity contribution in [1.29, 1.82) is 5.26 Å². The van der Waals surface area contributed by atoms with Gasteiger partial charge in [0, 0.05) is 22.6 Å². The Balaban J connectivity index is 1.42. The zero-order chi connectivity index (χ0) is 27.6. The monoisotopic (exact) mass is 584 g/mol. The maximum atomic E-state index is 13.6. The van der Waals surface area contributed by atoms with Crippen molar-refractivity contribution in [3.63, 3.8) is 0 Å². The zero-order valence-corrected chi connectivity index (χ0v) is 23.0. The number of nitrogens with one attached hydrogen (secondary N) is 2. The van der Waals surface area contributed by atoms with Gasteiger partial charge in [-0.3, -0.25) is 14.5 Å². The zero-order valence-electron chi connectivity index (χ0n) is 21.5. The second-order valence-corrected chi connectivity index (χ2v) is 11.6. The van der Waals surface area contributed by atoms with Crippen LogP contribution in [0.15, 0.2) is 46.9 Å². The van der Waals surface area contributed by atoms with E-state index < -0.39 is 35.5 Å². The van der Waals surface area contributed by atoms with Crippen molar-refractivity contribution in [1.82, 2.24) is 10.2 Å². The molecule has 4 rings (SSSR count). The maximum absolute atomic E-state index is 13.6. The predicted molar refractivity (Wildman–Crippen MR) is 143 cm³/mol. The minimum Gasteiger partial charge on any atom is -0.444 e. The van der Waals surface area contributed by atoms with Crippen molar-refractivity contribution in [3.05, 3.63) is 63.9 Å². The van der Waals surface area contributed by atoms with E-state index in [-0.39, 0.29) is 29.9 Å². The fourth-order valence-corrected chi connectivity index (χ4v) is 5.60. The molecule has 1 heterocycles. The second kappa shape index (κ2) is 11.1. The number of nitriles is 1. The molecule has 1 aliphatic heterocycles. The maximum Gasteiger partial charge on any atom is 0.411 e. The first-order valence-electron chi connectivity index (χ1n) is 12.5. The van der Waals surface area contributed by atoms with E-state index in [9.17, 15) is 24.0 Å². The molecule has 38 heavy (non-hydrogen) atoms. The normalized spacial score (nSPS) is 20.9. The van der Waals surface area contributed by atoms with Gasteiger partial charge in [-0.25, -0.2) is 9.18 Å². The molecular formula is C28H30BrFN4O4. The molecule has 10 heteroatoms. The smallest absolute Gasteiger partial charge is 0.411 e. The summed E-state index contributed by atoms with van der Waals surface area (Å²) in [5.41, 5.74) is 0.652. The number of piperidine rings is 1. The van der Waals surface area contributed by atoms with Crippen LogP contribution in [0.25, 0.3) is 0 Å². The van der Waals surface area contributed by atoms with Crippen molar-refractivity contribution >= 4 is 39.5 Å². The fourth-order valence-electron chi connectivity index (χ4n) is 5.17. The van der Waals surface area contributed by atoms with Crippen LogP contribution in [-0.4, -0.2) is 46.5 Å². The molecule has 8 nitrogen and oxygen atoms in total. The lowest BCUT2D eigenvalue weighted by atomic mass is 9.97. The molecule has 2 aromatic rings. The topological polar surface area (TPSA) is 112 Å².